The van der Waals surface area contributed by atoms with Crippen molar-refractivity contribution >= 4 is 22.8 Å². The number of carbonyl (C=O) groups excluding carboxylic acids is 2. The highest BCUT2D eigenvalue weighted by Gasteiger charge is 2.31. The van der Waals surface area contributed by atoms with Crippen LogP contribution in [0.1, 0.15) is 44.9 Å². The van der Waals surface area contributed by atoms with Gasteiger partial charge < -0.3 is 9.64 Å². The van der Waals surface area contributed by atoms with Crippen LogP contribution in [-0.2, 0) is 28.5 Å². The van der Waals surface area contributed by atoms with Gasteiger partial charge in [-0.25, -0.2) is 10.3 Å². The molecule has 0 spiro atoms. The molecule has 1 aromatic carbocycles. The van der Waals surface area contributed by atoms with Crippen LogP contribution in [0.15, 0.2) is 23.0 Å². The summed E-state index contributed by atoms with van der Waals surface area (Å²) in [6, 6.07) is 5.59. The molecular weight excluding hydrogens is 424 g/mol. The van der Waals surface area contributed by atoms with Crippen LogP contribution in [0.25, 0.3) is 11.0 Å². The molecule has 33 heavy (non-hydrogen) atoms. The molecule has 9 nitrogen and oxygen atoms in total. The van der Waals surface area contributed by atoms with Gasteiger partial charge in [-0.05, 0) is 37.8 Å². The number of benzene rings is 1. The maximum Gasteiger partial charge on any atom is 0.328 e. The fourth-order valence-corrected chi connectivity index (χ4v) is 4.77. The predicted octanol–water partition coefficient (Wildman–Crippen LogP) is 2.37. The van der Waals surface area contributed by atoms with Crippen LogP contribution in [0, 0.1) is 11.8 Å². The third-order valence-corrected chi connectivity index (χ3v) is 6.81. The van der Waals surface area contributed by atoms with Gasteiger partial charge in [0.05, 0.1) is 25.3 Å². The monoisotopic (exact) mass is 460 g/mol. The number of rotatable bonds is 4. The number of aromatic nitrogens is 2. The summed E-state index contributed by atoms with van der Waals surface area (Å²) in [5.74, 6) is 1.23. The molecular formula is C24H36N4O5. The minimum Gasteiger partial charge on any atom is -0.497 e. The normalized spacial score (nSPS) is 17.4. The topological polar surface area (TPSA) is 94.8 Å². The van der Waals surface area contributed by atoms with E-state index < -0.39 is 0 Å². The number of piperidine rings is 1. The van der Waals surface area contributed by atoms with Gasteiger partial charge >= 0.3 is 5.69 Å². The second kappa shape index (κ2) is 11.4. The molecule has 1 aliphatic carbocycles. The van der Waals surface area contributed by atoms with Crippen molar-refractivity contribution in [1.82, 2.24) is 19.5 Å². The quantitative estimate of drug-likeness (QED) is 0.707. The fraction of sp³-hybridized carbons (Fsp3) is 0.625. The number of aryl methyl sites for hydroxylation is 2. The van der Waals surface area contributed by atoms with Gasteiger partial charge in [0.25, 0.3) is 0 Å². The first-order valence-corrected chi connectivity index (χ1v) is 11.7. The number of nitrogens with zero attached hydrogens (tertiary/aromatic N) is 3. The molecule has 0 atom stereocenters. The number of hydroxylamine groups is 1. The summed E-state index contributed by atoms with van der Waals surface area (Å²) < 4.78 is 8.33. The van der Waals surface area contributed by atoms with Crippen LogP contribution in [0.3, 0.4) is 0 Å². The van der Waals surface area contributed by atoms with Gasteiger partial charge in [-0.1, -0.05) is 19.3 Å². The summed E-state index contributed by atoms with van der Waals surface area (Å²) in [5, 5.41) is 0. The fourth-order valence-electron chi connectivity index (χ4n) is 4.77. The second-order valence-corrected chi connectivity index (χ2v) is 8.86. The zero-order chi connectivity index (χ0) is 24.0. The number of fused-ring (bicyclic) bond motifs is 1. The van der Waals surface area contributed by atoms with Crippen LogP contribution in [0.2, 0.25) is 0 Å². The van der Waals surface area contributed by atoms with E-state index in [-0.39, 0.29) is 23.4 Å². The maximum absolute atomic E-state index is 12.4. The van der Waals surface area contributed by atoms with Crippen LogP contribution in [0.5, 0.6) is 5.75 Å². The second-order valence-electron chi connectivity index (χ2n) is 8.86. The van der Waals surface area contributed by atoms with Gasteiger partial charge in [-0.3, -0.25) is 23.6 Å². The highest BCUT2D eigenvalue weighted by Crippen LogP contribution is 2.27. The molecule has 182 valence electrons. The molecule has 9 heteroatoms. The Morgan fingerprint density at radius 3 is 2.15 bits per heavy atom. The molecule has 4 rings (SSSR count). The largest absolute Gasteiger partial charge is 0.497 e. The summed E-state index contributed by atoms with van der Waals surface area (Å²) in [5.41, 5.74) is 4.16. The standard InChI is InChI=1S/C14H24N2O3.C10H12N2O2/c1-19-15-13(17)11-7-9-16(10-8-11)14(18)12-5-3-2-4-6-12;1-11-8-5-4-7(14-3)6-9(8)12(2)10(11)13/h11-12H,2-10H2,1H3,(H,15,17);4-6H,1-3H3. The van der Waals surface area contributed by atoms with E-state index >= 15 is 0 Å². The van der Waals surface area contributed by atoms with Crippen molar-refractivity contribution in [3.63, 3.8) is 0 Å². The maximum atomic E-state index is 12.4. The van der Waals surface area contributed by atoms with Crippen LogP contribution in [0.4, 0.5) is 0 Å². The predicted molar refractivity (Wildman–Crippen MR) is 126 cm³/mol. The van der Waals surface area contributed by atoms with E-state index in [2.05, 4.69) is 10.3 Å². The van der Waals surface area contributed by atoms with Gasteiger partial charge in [0.15, 0.2) is 0 Å². The van der Waals surface area contributed by atoms with E-state index in [0.29, 0.717) is 19.0 Å². The molecule has 0 unspecified atom stereocenters. The minimum atomic E-state index is -0.0627. The summed E-state index contributed by atoms with van der Waals surface area (Å²) in [4.78, 5) is 42.2. The first-order valence-electron chi connectivity index (χ1n) is 11.7. The number of amides is 2. The number of hydrogen-bond acceptors (Lipinski definition) is 5. The van der Waals surface area contributed by atoms with Crippen molar-refractivity contribution in [1.29, 1.82) is 0 Å². The Balaban J connectivity index is 0.000000194. The third kappa shape index (κ3) is 5.76. The molecule has 2 aliphatic rings. The van der Waals surface area contributed by atoms with Gasteiger partial charge in [-0.15, -0.1) is 0 Å². The average molecular weight is 461 g/mol. The van der Waals surface area contributed by atoms with E-state index in [0.717, 1.165) is 42.5 Å². The Hall–Kier alpha value is -2.81. The van der Waals surface area contributed by atoms with Gasteiger partial charge in [0.1, 0.15) is 5.75 Å². The van der Waals surface area contributed by atoms with Gasteiger partial charge in [0.2, 0.25) is 11.8 Å². The highest BCUT2D eigenvalue weighted by atomic mass is 16.6. The SMILES string of the molecule is CONC(=O)C1CCN(C(=O)C2CCCCC2)CC1.COc1ccc2c(c1)n(C)c(=O)n2C. The molecule has 2 aromatic rings. The Kier molecular flexibility index (Phi) is 8.55. The summed E-state index contributed by atoms with van der Waals surface area (Å²) >= 11 is 0. The highest BCUT2D eigenvalue weighted by molar-refractivity contribution is 5.80. The smallest absolute Gasteiger partial charge is 0.328 e. The summed E-state index contributed by atoms with van der Waals surface area (Å²) in [6.07, 6.45) is 7.21. The van der Waals surface area contributed by atoms with Crippen molar-refractivity contribution in [3.05, 3.63) is 28.7 Å². The van der Waals surface area contributed by atoms with Gasteiger partial charge in [-0.2, -0.15) is 0 Å². The van der Waals surface area contributed by atoms with E-state index in [4.69, 9.17) is 4.74 Å². The van der Waals surface area contributed by atoms with Crippen molar-refractivity contribution in [3.8, 4) is 5.75 Å². The number of imidazole rings is 1. The first kappa shape index (κ1) is 24.8. The zero-order valence-electron chi connectivity index (χ0n) is 20.1. The van der Waals surface area contributed by atoms with E-state index in [1.165, 1.54) is 26.4 Å². The van der Waals surface area contributed by atoms with Crippen molar-refractivity contribution in [2.45, 2.75) is 44.9 Å². The van der Waals surface area contributed by atoms with E-state index in [1.807, 2.05) is 23.1 Å². The molecule has 1 aromatic heterocycles. The van der Waals surface area contributed by atoms with Crippen molar-refractivity contribution in [2.24, 2.45) is 25.9 Å². The average Bonchev–Trinajstić information content (AvgIpc) is 3.08. The summed E-state index contributed by atoms with van der Waals surface area (Å²) in [6.45, 7) is 1.41. The lowest BCUT2D eigenvalue weighted by Crippen LogP contribution is -2.45. The summed E-state index contributed by atoms with van der Waals surface area (Å²) in [7, 11) is 6.57. The Labute approximate surface area is 194 Å². The number of methoxy groups -OCH3 is 1. The third-order valence-electron chi connectivity index (χ3n) is 6.81. The molecule has 2 fully saturated rings. The molecule has 0 bridgehead atoms. The molecule has 2 heterocycles. The zero-order valence-corrected chi connectivity index (χ0v) is 20.1. The number of ether oxygens (including phenoxy) is 1. The van der Waals surface area contributed by atoms with Crippen LogP contribution >= 0.6 is 0 Å². The lowest BCUT2D eigenvalue weighted by molar-refractivity contribution is -0.143. The van der Waals surface area contributed by atoms with Crippen molar-refractivity contribution < 1.29 is 19.2 Å². The lowest BCUT2D eigenvalue weighted by atomic mass is 9.87. The molecule has 1 N–H and O–H groups in total. The number of likely N-dealkylation sites (tertiary alicyclic amines) is 1. The molecule has 1 saturated heterocycles. The van der Waals surface area contributed by atoms with E-state index in [1.54, 1.807) is 30.3 Å². The first-order chi connectivity index (χ1) is 15.9. The minimum absolute atomic E-state index is 0.0182. The number of carbonyl (C=O) groups is 2. The van der Waals surface area contributed by atoms with E-state index in [9.17, 15) is 14.4 Å². The van der Waals surface area contributed by atoms with Gasteiger partial charge in [0, 0.05) is 45.1 Å². The van der Waals surface area contributed by atoms with Crippen LogP contribution in [-0.4, -0.2) is 53.2 Å². The lowest BCUT2D eigenvalue weighted by Gasteiger charge is -2.34. The molecule has 2 amide bonds. The Morgan fingerprint density at radius 2 is 1.55 bits per heavy atom. The molecule has 0 radical (unpaired) electrons. The van der Waals surface area contributed by atoms with Crippen molar-refractivity contribution in [2.75, 3.05) is 27.3 Å². The van der Waals surface area contributed by atoms with Crippen LogP contribution < -0.4 is 15.9 Å². The Morgan fingerprint density at radius 1 is 0.909 bits per heavy atom. The Bertz CT molecular complexity index is 1010. The number of hydrogen-bond donors (Lipinski definition) is 1. The molecule has 1 saturated carbocycles. The molecule has 1 aliphatic heterocycles. The number of nitrogens with one attached hydrogen (secondary N) is 1.